The molecule has 0 heterocycles. The van der Waals surface area contributed by atoms with Crippen molar-refractivity contribution in [2.75, 3.05) is 6.61 Å². The minimum absolute atomic E-state index is 0.0757. The number of amides is 2. The fourth-order valence-electron chi connectivity index (χ4n) is 2.76. The molecule has 0 spiro atoms. The number of carboxylic acids is 1. The van der Waals surface area contributed by atoms with E-state index in [-0.39, 0.29) is 11.8 Å². The highest BCUT2D eigenvalue weighted by Crippen LogP contribution is 2.48. The van der Waals surface area contributed by atoms with E-state index in [0.29, 0.717) is 6.42 Å². The van der Waals surface area contributed by atoms with Gasteiger partial charge in [0.2, 0.25) is 11.8 Å². The first-order chi connectivity index (χ1) is 8.50. The van der Waals surface area contributed by atoms with Crippen LogP contribution in [0.1, 0.15) is 6.42 Å². The molecular weight excluding hydrogens is 240 g/mol. The van der Waals surface area contributed by atoms with Gasteiger partial charge in [-0.15, -0.1) is 0 Å². The van der Waals surface area contributed by atoms with E-state index in [1.54, 1.807) is 0 Å². The Morgan fingerprint density at radius 1 is 1.28 bits per heavy atom. The van der Waals surface area contributed by atoms with Crippen LogP contribution in [0.15, 0.2) is 12.2 Å². The van der Waals surface area contributed by atoms with Gasteiger partial charge in [-0.3, -0.25) is 19.2 Å². The van der Waals surface area contributed by atoms with Crippen LogP contribution < -0.4 is 11.2 Å². The molecule has 7 heteroatoms. The number of hydrogen-bond acceptors (Lipinski definition) is 4. The summed E-state index contributed by atoms with van der Waals surface area (Å²) in [6, 6.07) is 0. The van der Waals surface area contributed by atoms with Crippen LogP contribution in [0.25, 0.3) is 0 Å². The van der Waals surface area contributed by atoms with Gasteiger partial charge in [0.15, 0.2) is 6.61 Å². The number of carboxylic acid groups (broad SMARTS) is 1. The molecule has 2 aliphatic carbocycles. The van der Waals surface area contributed by atoms with Gasteiger partial charge in [-0.05, 0) is 18.3 Å². The zero-order valence-electron chi connectivity index (χ0n) is 9.54. The molecule has 18 heavy (non-hydrogen) atoms. The molecule has 98 valence electrons. The van der Waals surface area contributed by atoms with Crippen molar-refractivity contribution in [1.82, 2.24) is 5.48 Å². The Kier molecular flexibility index (Phi) is 3.33. The lowest BCUT2D eigenvalue weighted by Gasteiger charge is -2.23. The number of rotatable bonds is 5. The summed E-state index contributed by atoms with van der Waals surface area (Å²) in [7, 11) is 0. The predicted molar refractivity (Wildman–Crippen MR) is 58.6 cm³/mol. The first-order valence-electron chi connectivity index (χ1n) is 5.61. The van der Waals surface area contributed by atoms with Crippen molar-refractivity contribution < 1.29 is 24.3 Å². The van der Waals surface area contributed by atoms with Crippen LogP contribution in [-0.2, 0) is 19.2 Å². The summed E-state index contributed by atoms with van der Waals surface area (Å²) >= 11 is 0. The fraction of sp³-hybridized carbons (Fsp3) is 0.545. The summed E-state index contributed by atoms with van der Waals surface area (Å²) in [6.07, 6.45) is 4.38. The highest BCUT2D eigenvalue weighted by molar-refractivity contribution is 5.86. The number of carbonyl (C=O) groups excluding carboxylic acids is 2. The second-order valence-electron chi connectivity index (χ2n) is 4.56. The van der Waals surface area contributed by atoms with Crippen molar-refractivity contribution in [3.8, 4) is 0 Å². The third-order valence-corrected chi connectivity index (χ3v) is 3.43. The van der Waals surface area contributed by atoms with E-state index in [1.807, 2.05) is 12.2 Å². The van der Waals surface area contributed by atoms with Gasteiger partial charge in [0.05, 0.1) is 11.8 Å². The lowest BCUT2D eigenvalue weighted by molar-refractivity contribution is -0.152. The molecule has 1 saturated carbocycles. The number of hydroxylamine groups is 1. The number of primary amides is 1. The van der Waals surface area contributed by atoms with Crippen molar-refractivity contribution in [3.63, 3.8) is 0 Å². The standard InChI is InChI=1S/C11H14N2O5/c12-7(14)4-18-13-10(15)8-5-1-2-6(3-5)9(8)11(16)17/h1-2,5-6,8-9H,3-4H2,(H2,12,14)(H,13,15)(H,16,17)/t5?,6?,8-,9+/m0/s1. The smallest absolute Gasteiger partial charge is 0.307 e. The Morgan fingerprint density at radius 2 is 1.89 bits per heavy atom. The van der Waals surface area contributed by atoms with Gasteiger partial charge in [0.25, 0.3) is 0 Å². The van der Waals surface area contributed by atoms with Crippen LogP contribution in [-0.4, -0.2) is 29.5 Å². The summed E-state index contributed by atoms with van der Waals surface area (Å²) in [6.45, 7) is -0.430. The van der Waals surface area contributed by atoms with Crippen LogP contribution in [0.2, 0.25) is 0 Å². The second kappa shape index (κ2) is 4.77. The number of fused-ring (bicyclic) bond motifs is 2. The van der Waals surface area contributed by atoms with Gasteiger partial charge in [-0.2, -0.15) is 0 Å². The third kappa shape index (κ3) is 2.21. The first-order valence-corrected chi connectivity index (χ1v) is 5.61. The quantitative estimate of drug-likeness (QED) is 0.431. The molecule has 0 radical (unpaired) electrons. The van der Waals surface area contributed by atoms with E-state index < -0.39 is 36.2 Å². The van der Waals surface area contributed by atoms with Crippen LogP contribution >= 0.6 is 0 Å². The number of aliphatic carboxylic acids is 1. The lowest BCUT2D eigenvalue weighted by Crippen LogP contribution is -2.41. The summed E-state index contributed by atoms with van der Waals surface area (Å²) in [5.74, 6) is -3.75. The van der Waals surface area contributed by atoms with E-state index in [0.717, 1.165) is 0 Å². The zero-order chi connectivity index (χ0) is 13.3. The molecule has 2 bridgehead atoms. The van der Waals surface area contributed by atoms with E-state index in [2.05, 4.69) is 10.3 Å². The molecule has 0 aliphatic heterocycles. The Labute approximate surface area is 103 Å². The normalized spacial score (nSPS) is 32.4. The van der Waals surface area contributed by atoms with Crippen LogP contribution in [0.3, 0.4) is 0 Å². The van der Waals surface area contributed by atoms with Crippen molar-refractivity contribution >= 4 is 17.8 Å². The maximum absolute atomic E-state index is 11.8. The number of nitrogens with one attached hydrogen (secondary N) is 1. The van der Waals surface area contributed by atoms with Crippen LogP contribution in [0.5, 0.6) is 0 Å². The van der Waals surface area contributed by atoms with Crippen LogP contribution in [0, 0.1) is 23.7 Å². The summed E-state index contributed by atoms with van der Waals surface area (Å²) in [5.41, 5.74) is 6.94. The minimum atomic E-state index is -0.984. The monoisotopic (exact) mass is 254 g/mol. The maximum atomic E-state index is 11.8. The van der Waals surface area contributed by atoms with E-state index in [1.165, 1.54) is 0 Å². The van der Waals surface area contributed by atoms with Gasteiger partial charge in [-0.1, -0.05) is 12.2 Å². The van der Waals surface area contributed by atoms with Crippen molar-refractivity contribution in [1.29, 1.82) is 0 Å². The maximum Gasteiger partial charge on any atom is 0.307 e. The van der Waals surface area contributed by atoms with Crippen LogP contribution in [0.4, 0.5) is 0 Å². The summed E-state index contributed by atoms with van der Waals surface area (Å²) in [4.78, 5) is 38.1. The molecular formula is C11H14N2O5. The number of carbonyl (C=O) groups is 3. The average molecular weight is 254 g/mol. The highest BCUT2D eigenvalue weighted by atomic mass is 16.7. The summed E-state index contributed by atoms with van der Waals surface area (Å²) in [5, 5.41) is 9.14. The van der Waals surface area contributed by atoms with Gasteiger partial charge in [0.1, 0.15) is 0 Å². The molecule has 2 amide bonds. The fourth-order valence-corrected chi connectivity index (χ4v) is 2.76. The zero-order valence-corrected chi connectivity index (χ0v) is 9.54. The van der Waals surface area contributed by atoms with E-state index >= 15 is 0 Å². The highest BCUT2D eigenvalue weighted by Gasteiger charge is 2.51. The number of hydrogen-bond donors (Lipinski definition) is 3. The Morgan fingerprint density at radius 3 is 2.44 bits per heavy atom. The molecule has 4 N–H and O–H groups in total. The molecule has 0 aromatic rings. The topological polar surface area (TPSA) is 119 Å². The second-order valence-corrected chi connectivity index (χ2v) is 4.56. The molecule has 7 nitrogen and oxygen atoms in total. The lowest BCUT2D eigenvalue weighted by atomic mass is 9.82. The predicted octanol–water partition coefficient (Wildman–Crippen LogP) is -0.958. The molecule has 0 aromatic carbocycles. The molecule has 0 aromatic heterocycles. The molecule has 1 fully saturated rings. The van der Waals surface area contributed by atoms with Gasteiger partial charge in [-0.25, -0.2) is 5.48 Å². The van der Waals surface area contributed by atoms with Gasteiger partial charge >= 0.3 is 5.97 Å². The average Bonchev–Trinajstić information content (AvgIpc) is 2.87. The van der Waals surface area contributed by atoms with E-state index in [9.17, 15) is 14.4 Å². The van der Waals surface area contributed by atoms with Crippen molar-refractivity contribution in [3.05, 3.63) is 12.2 Å². The Balaban J connectivity index is 1.98. The molecule has 2 rings (SSSR count). The SMILES string of the molecule is NC(=O)CONC(=O)[C@H]1C2C=CC(C2)[C@H]1C(=O)O. The van der Waals surface area contributed by atoms with Gasteiger partial charge in [0, 0.05) is 0 Å². The van der Waals surface area contributed by atoms with Crippen molar-refractivity contribution in [2.45, 2.75) is 6.42 Å². The molecule has 0 saturated heterocycles. The minimum Gasteiger partial charge on any atom is -0.481 e. The molecule has 4 atom stereocenters. The summed E-state index contributed by atoms with van der Waals surface area (Å²) < 4.78 is 0. The van der Waals surface area contributed by atoms with E-state index in [4.69, 9.17) is 10.8 Å². The number of nitrogens with two attached hydrogens (primary N) is 1. The van der Waals surface area contributed by atoms with Gasteiger partial charge < -0.3 is 10.8 Å². The van der Waals surface area contributed by atoms with Crippen molar-refractivity contribution in [2.24, 2.45) is 29.4 Å². The first kappa shape index (κ1) is 12.6. The molecule has 2 unspecified atom stereocenters. The third-order valence-electron chi connectivity index (χ3n) is 3.43. The largest absolute Gasteiger partial charge is 0.481 e. The Hall–Kier alpha value is -1.89. The Bertz CT molecular complexity index is 420. The number of allylic oxidation sites excluding steroid dienone is 2. The molecule has 2 aliphatic rings.